The van der Waals surface area contributed by atoms with Crippen LogP contribution in [0.15, 0.2) is 0 Å². The standard InChI is InChI=1S/C10H15N3OS/c1-3-13(7-4-5-7)9(14)8-6(2)12-10(11)15-8/h7H,3-5H2,1-2H3,(H2,11,12). The highest BCUT2D eigenvalue weighted by Crippen LogP contribution is 2.30. The van der Waals surface area contributed by atoms with Crippen molar-refractivity contribution >= 4 is 22.4 Å². The number of thiazole rings is 1. The summed E-state index contributed by atoms with van der Waals surface area (Å²) in [6, 6.07) is 0.449. The molecule has 0 saturated heterocycles. The van der Waals surface area contributed by atoms with Crippen molar-refractivity contribution in [1.82, 2.24) is 9.88 Å². The van der Waals surface area contributed by atoms with Crippen LogP contribution in [0, 0.1) is 6.92 Å². The van der Waals surface area contributed by atoms with Crippen molar-refractivity contribution in [1.29, 1.82) is 0 Å². The first-order valence-electron chi connectivity index (χ1n) is 5.17. The molecule has 0 radical (unpaired) electrons. The maximum atomic E-state index is 12.1. The highest BCUT2D eigenvalue weighted by molar-refractivity contribution is 7.17. The Morgan fingerprint density at radius 1 is 1.67 bits per heavy atom. The summed E-state index contributed by atoms with van der Waals surface area (Å²) in [5.74, 6) is 0.0895. The van der Waals surface area contributed by atoms with Crippen LogP contribution in [-0.2, 0) is 0 Å². The molecular formula is C10H15N3OS. The predicted molar refractivity (Wildman–Crippen MR) is 61.0 cm³/mol. The summed E-state index contributed by atoms with van der Waals surface area (Å²) in [6.07, 6.45) is 2.26. The van der Waals surface area contributed by atoms with Crippen LogP contribution in [0.1, 0.15) is 35.1 Å². The molecule has 82 valence electrons. The van der Waals surface area contributed by atoms with Gasteiger partial charge in [-0.25, -0.2) is 4.98 Å². The number of aryl methyl sites for hydroxylation is 1. The number of nitrogen functional groups attached to an aromatic ring is 1. The van der Waals surface area contributed by atoms with Gasteiger partial charge < -0.3 is 10.6 Å². The molecule has 0 bridgehead atoms. The minimum Gasteiger partial charge on any atom is -0.375 e. The average molecular weight is 225 g/mol. The van der Waals surface area contributed by atoms with Crippen molar-refractivity contribution in [3.63, 3.8) is 0 Å². The van der Waals surface area contributed by atoms with Gasteiger partial charge in [-0.1, -0.05) is 11.3 Å². The van der Waals surface area contributed by atoms with Crippen LogP contribution in [0.2, 0.25) is 0 Å². The third-order valence-corrected chi connectivity index (χ3v) is 3.57. The lowest BCUT2D eigenvalue weighted by Gasteiger charge is -2.19. The first kappa shape index (κ1) is 10.4. The van der Waals surface area contributed by atoms with Crippen LogP contribution in [0.3, 0.4) is 0 Å². The second kappa shape index (κ2) is 3.81. The molecule has 1 saturated carbocycles. The topological polar surface area (TPSA) is 59.2 Å². The molecule has 5 heteroatoms. The quantitative estimate of drug-likeness (QED) is 0.851. The van der Waals surface area contributed by atoms with Gasteiger partial charge in [-0.2, -0.15) is 0 Å². The predicted octanol–water partition coefficient (Wildman–Crippen LogP) is 1.66. The maximum Gasteiger partial charge on any atom is 0.266 e. The lowest BCUT2D eigenvalue weighted by Crippen LogP contribution is -2.32. The van der Waals surface area contributed by atoms with Gasteiger partial charge in [0.25, 0.3) is 5.91 Å². The van der Waals surface area contributed by atoms with Gasteiger partial charge in [-0.15, -0.1) is 0 Å². The number of nitrogens with zero attached hydrogens (tertiary/aromatic N) is 2. The number of aromatic nitrogens is 1. The molecule has 4 nitrogen and oxygen atoms in total. The zero-order chi connectivity index (χ0) is 11.0. The van der Waals surface area contributed by atoms with Gasteiger partial charge in [0.2, 0.25) is 0 Å². The molecule has 0 unspecified atom stereocenters. The smallest absolute Gasteiger partial charge is 0.266 e. The zero-order valence-corrected chi connectivity index (χ0v) is 9.80. The number of hydrogen-bond donors (Lipinski definition) is 1. The first-order chi connectivity index (χ1) is 7.13. The molecule has 2 N–H and O–H groups in total. The molecule has 2 rings (SSSR count). The molecule has 0 aliphatic heterocycles. The summed E-state index contributed by atoms with van der Waals surface area (Å²) in [5, 5.41) is 0.475. The van der Waals surface area contributed by atoms with Crippen molar-refractivity contribution < 1.29 is 4.79 Å². The molecule has 0 aromatic carbocycles. The van der Waals surface area contributed by atoms with E-state index in [1.807, 2.05) is 18.7 Å². The van der Waals surface area contributed by atoms with Crippen LogP contribution in [-0.4, -0.2) is 28.4 Å². The second-order valence-electron chi connectivity index (χ2n) is 3.79. The van der Waals surface area contributed by atoms with Gasteiger partial charge in [-0.3, -0.25) is 4.79 Å². The fraction of sp³-hybridized carbons (Fsp3) is 0.600. The Labute approximate surface area is 93.1 Å². The Bertz CT molecular complexity index is 384. The van der Waals surface area contributed by atoms with Crippen LogP contribution in [0.25, 0.3) is 0 Å². The first-order valence-corrected chi connectivity index (χ1v) is 5.99. The van der Waals surface area contributed by atoms with Crippen molar-refractivity contribution in [2.24, 2.45) is 0 Å². The van der Waals surface area contributed by atoms with Crippen LogP contribution < -0.4 is 5.73 Å². The summed E-state index contributed by atoms with van der Waals surface area (Å²) in [4.78, 5) is 18.8. The van der Waals surface area contributed by atoms with Gasteiger partial charge in [-0.05, 0) is 26.7 Å². The van der Waals surface area contributed by atoms with E-state index >= 15 is 0 Å². The molecule has 1 fully saturated rings. The molecule has 1 amide bonds. The lowest BCUT2D eigenvalue weighted by atomic mass is 10.3. The van der Waals surface area contributed by atoms with E-state index in [1.165, 1.54) is 11.3 Å². The zero-order valence-electron chi connectivity index (χ0n) is 8.99. The van der Waals surface area contributed by atoms with E-state index in [4.69, 9.17) is 5.73 Å². The maximum absolute atomic E-state index is 12.1. The fourth-order valence-corrected chi connectivity index (χ4v) is 2.49. The SMILES string of the molecule is CCN(C(=O)c1sc(N)nc1C)C1CC1. The van der Waals surface area contributed by atoms with Crippen LogP contribution >= 0.6 is 11.3 Å². The monoisotopic (exact) mass is 225 g/mol. The summed E-state index contributed by atoms with van der Waals surface area (Å²) >= 11 is 1.29. The van der Waals surface area contributed by atoms with E-state index in [1.54, 1.807) is 0 Å². The molecule has 1 aromatic heterocycles. The van der Waals surface area contributed by atoms with E-state index in [0.717, 1.165) is 25.1 Å². The summed E-state index contributed by atoms with van der Waals surface area (Å²) in [5.41, 5.74) is 6.34. The summed E-state index contributed by atoms with van der Waals surface area (Å²) < 4.78 is 0. The van der Waals surface area contributed by atoms with Gasteiger partial charge in [0.05, 0.1) is 5.69 Å². The number of rotatable bonds is 3. The second-order valence-corrected chi connectivity index (χ2v) is 4.82. The normalized spacial score (nSPS) is 15.3. The largest absolute Gasteiger partial charge is 0.375 e. The third kappa shape index (κ3) is 1.97. The minimum absolute atomic E-state index is 0.0895. The van der Waals surface area contributed by atoms with Gasteiger partial charge in [0.1, 0.15) is 4.88 Å². The summed E-state index contributed by atoms with van der Waals surface area (Å²) in [6.45, 7) is 4.61. The molecule has 0 atom stereocenters. The van der Waals surface area contributed by atoms with E-state index in [2.05, 4.69) is 4.98 Å². The lowest BCUT2D eigenvalue weighted by molar-refractivity contribution is 0.0756. The number of carbonyl (C=O) groups excluding carboxylic acids is 1. The van der Waals surface area contributed by atoms with E-state index in [9.17, 15) is 4.79 Å². The van der Waals surface area contributed by atoms with Crippen molar-refractivity contribution in [3.8, 4) is 0 Å². The van der Waals surface area contributed by atoms with E-state index in [-0.39, 0.29) is 5.91 Å². The van der Waals surface area contributed by atoms with Crippen LogP contribution in [0.5, 0.6) is 0 Å². The molecule has 1 aromatic rings. The molecule has 15 heavy (non-hydrogen) atoms. The average Bonchev–Trinajstić information content (AvgIpc) is 2.94. The van der Waals surface area contributed by atoms with Gasteiger partial charge >= 0.3 is 0 Å². The van der Waals surface area contributed by atoms with Crippen molar-refractivity contribution in [2.45, 2.75) is 32.7 Å². The summed E-state index contributed by atoms with van der Waals surface area (Å²) in [7, 11) is 0. The van der Waals surface area contributed by atoms with Crippen LogP contribution in [0.4, 0.5) is 5.13 Å². The Balaban J connectivity index is 2.22. The van der Waals surface area contributed by atoms with E-state index < -0.39 is 0 Å². The molecule has 1 aliphatic carbocycles. The Kier molecular flexibility index (Phi) is 2.65. The highest BCUT2D eigenvalue weighted by atomic mass is 32.1. The minimum atomic E-state index is 0.0895. The van der Waals surface area contributed by atoms with Gasteiger partial charge in [0.15, 0.2) is 5.13 Å². The third-order valence-electron chi connectivity index (χ3n) is 2.60. The highest BCUT2D eigenvalue weighted by Gasteiger charge is 2.33. The number of hydrogen-bond acceptors (Lipinski definition) is 4. The number of amides is 1. The molecule has 1 aliphatic rings. The van der Waals surface area contributed by atoms with E-state index in [0.29, 0.717) is 16.1 Å². The molecular weight excluding hydrogens is 210 g/mol. The Morgan fingerprint density at radius 2 is 2.33 bits per heavy atom. The van der Waals surface area contributed by atoms with Crippen molar-refractivity contribution in [2.75, 3.05) is 12.3 Å². The van der Waals surface area contributed by atoms with Gasteiger partial charge in [0, 0.05) is 12.6 Å². The number of carbonyl (C=O) groups is 1. The molecule has 1 heterocycles. The molecule has 0 spiro atoms. The fourth-order valence-electron chi connectivity index (χ4n) is 1.70. The number of anilines is 1. The Hall–Kier alpha value is -1.10. The Morgan fingerprint density at radius 3 is 2.73 bits per heavy atom. The van der Waals surface area contributed by atoms with Crippen molar-refractivity contribution in [3.05, 3.63) is 10.6 Å². The number of nitrogens with two attached hydrogens (primary N) is 1.